The molecule has 20 heavy (non-hydrogen) atoms. The summed E-state index contributed by atoms with van der Waals surface area (Å²) in [5, 5.41) is 0. The molecule has 0 bridgehead atoms. The Morgan fingerprint density at radius 3 is 2.75 bits per heavy atom. The molecule has 0 fully saturated rings. The maximum atomic E-state index is 13.5. The molecule has 4 heteroatoms. The van der Waals surface area contributed by atoms with Crippen LogP contribution in [0.1, 0.15) is 18.3 Å². The van der Waals surface area contributed by atoms with Crippen molar-refractivity contribution in [2.45, 2.75) is 19.9 Å². The fraction of sp³-hybridized carbons (Fsp3) is 0.188. The van der Waals surface area contributed by atoms with E-state index in [0.717, 1.165) is 29.0 Å². The standard InChI is InChI=1S/C16H16FN3/c1-2-20-14-9-4-3-8-13(14)19-15(20)10-11-6-5-7-12(17)16(11)18/h3-9H,2,10,18H2,1H3. The predicted molar refractivity (Wildman–Crippen MR) is 79.0 cm³/mol. The first-order chi connectivity index (χ1) is 9.70. The molecule has 0 aliphatic carbocycles. The van der Waals surface area contributed by atoms with Gasteiger partial charge < -0.3 is 10.3 Å². The fourth-order valence-electron chi connectivity index (χ4n) is 2.52. The van der Waals surface area contributed by atoms with Gasteiger partial charge in [0, 0.05) is 13.0 Å². The molecule has 0 spiro atoms. The zero-order valence-corrected chi connectivity index (χ0v) is 11.3. The number of benzene rings is 2. The first kappa shape index (κ1) is 12.7. The summed E-state index contributed by atoms with van der Waals surface area (Å²) < 4.78 is 15.7. The summed E-state index contributed by atoms with van der Waals surface area (Å²) in [6.07, 6.45) is 0.534. The molecular formula is C16H16FN3. The van der Waals surface area contributed by atoms with Crippen LogP contribution in [0.3, 0.4) is 0 Å². The van der Waals surface area contributed by atoms with Crippen LogP contribution in [0.25, 0.3) is 11.0 Å². The first-order valence-corrected chi connectivity index (χ1v) is 6.67. The third kappa shape index (κ3) is 2.03. The van der Waals surface area contributed by atoms with E-state index in [1.54, 1.807) is 6.07 Å². The molecule has 0 radical (unpaired) electrons. The number of fused-ring (bicyclic) bond motifs is 1. The van der Waals surface area contributed by atoms with Crippen LogP contribution in [-0.2, 0) is 13.0 Å². The van der Waals surface area contributed by atoms with Gasteiger partial charge in [0.25, 0.3) is 0 Å². The minimum atomic E-state index is -0.373. The summed E-state index contributed by atoms with van der Waals surface area (Å²) in [5.41, 5.74) is 8.84. The number of halogens is 1. The molecule has 0 atom stereocenters. The third-order valence-electron chi connectivity index (χ3n) is 3.54. The number of hydrogen-bond donors (Lipinski definition) is 1. The van der Waals surface area contributed by atoms with Crippen molar-refractivity contribution in [3.63, 3.8) is 0 Å². The minimum absolute atomic E-state index is 0.210. The van der Waals surface area contributed by atoms with Gasteiger partial charge in [-0.15, -0.1) is 0 Å². The molecule has 1 aromatic heterocycles. The van der Waals surface area contributed by atoms with Crippen molar-refractivity contribution in [2.75, 3.05) is 5.73 Å². The van der Waals surface area contributed by atoms with E-state index in [4.69, 9.17) is 5.73 Å². The number of hydrogen-bond acceptors (Lipinski definition) is 2. The Bertz CT molecular complexity index is 762. The van der Waals surface area contributed by atoms with Crippen molar-refractivity contribution in [3.8, 4) is 0 Å². The molecule has 0 aliphatic rings. The fourth-order valence-corrected chi connectivity index (χ4v) is 2.52. The van der Waals surface area contributed by atoms with Crippen LogP contribution in [0.5, 0.6) is 0 Å². The molecule has 0 saturated heterocycles. The first-order valence-electron chi connectivity index (χ1n) is 6.67. The Morgan fingerprint density at radius 1 is 1.15 bits per heavy atom. The highest BCUT2D eigenvalue weighted by molar-refractivity contribution is 5.76. The van der Waals surface area contributed by atoms with Crippen molar-refractivity contribution in [1.82, 2.24) is 9.55 Å². The number of rotatable bonds is 3. The van der Waals surface area contributed by atoms with Gasteiger partial charge in [-0.2, -0.15) is 0 Å². The molecule has 1 heterocycles. The quantitative estimate of drug-likeness (QED) is 0.741. The second-order valence-electron chi connectivity index (χ2n) is 4.75. The molecule has 102 valence electrons. The molecule has 2 aromatic carbocycles. The molecule has 3 rings (SSSR count). The average molecular weight is 269 g/mol. The van der Waals surface area contributed by atoms with E-state index < -0.39 is 0 Å². The molecule has 3 aromatic rings. The molecule has 3 nitrogen and oxygen atoms in total. The number of nitrogens with zero attached hydrogens (tertiary/aromatic N) is 2. The smallest absolute Gasteiger partial charge is 0.146 e. The number of imidazole rings is 1. The zero-order chi connectivity index (χ0) is 14.1. The lowest BCUT2D eigenvalue weighted by molar-refractivity contribution is 0.630. The highest BCUT2D eigenvalue weighted by Crippen LogP contribution is 2.22. The number of aryl methyl sites for hydroxylation is 1. The Hall–Kier alpha value is -2.36. The van der Waals surface area contributed by atoms with E-state index in [2.05, 4.69) is 16.5 Å². The van der Waals surface area contributed by atoms with Crippen LogP contribution in [0.15, 0.2) is 42.5 Å². The number of anilines is 1. The summed E-state index contributed by atoms with van der Waals surface area (Å²) in [7, 11) is 0. The Labute approximate surface area is 116 Å². The molecular weight excluding hydrogens is 253 g/mol. The van der Waals surface area contributed by atoms with Gasteiger partial charge in [-0.25, -0.2) is 9.37 Å². The number of aromatic nitrogens is 2. The van der Waals surface area contributed by atoms with E-state index in [-0.39, 0.29) is 11.5 Å². The lowest BCUT2D eigenvalue weighted by Gasteiger charge is -2.08. The SMILES string of the molecule is CCn1c(Cc2cccc(F)c2N)nc2ccccc21. The second kappa shape index (κ2) is 4.96. The van der Waals surface area contributed by atoms with Gasteiger partial charge in [0.15, 0.2) is 0 Å². The van der Waals surface area contributed by atoms with E-state index in [1.165, 1.54) is 6.07 Å². The molecule has 0 aliphatic heterocycles. The Kier molecular flexibility index (Phi) is 3.14. The molecule has 0 unspecified atom stereocenters. The van der Waals surface area contributed by atoms with Crippen LogP contribution in [0, 0.1) is 5.82 Å². The maximum absolute atomic E-state index is 13.5. The predicted octanol–water partition coefficient (Wildman–Crippen LogP) is 3.37. The van der Waals surface area contributed by atoms with Gasteiger partial charge in [-0.05, 0) is 30.7 Å². The van der Waals surface area contributed by atoms with E-state index in [0.29, 0.717) is 6.42 Å². The van der Waals surface area contributed by atoms with E-state index in [1.807, 2.05) is 30.3 Å². The highest BCUT2D eigenvalue weighted by atomic mass is 19.1. The Morgan fingerprint density at radius 2 is 1.95 bits per heavy atom. The van der Waals surface area contributed by atoms with E-state index in [9.17, 15) is 4.39 Å². The molecule has 0 amide bonds. The van der Waals surface area contributed by atoms with Crippen molar-refractivity contribution in [3.05, 3.63) is 59.7 Å². The number of nitrogens with two attached hydrogens (primary N) is 1. The van der Waals surface area contributed by atoms with Crippen molar-refractivity contribution in [2.24, 2.45) is 0 Å². The van der Waals surface area contributed by atoms with E-state index >= 15 is 0 Å². The largest absolute Gasteiger partial charge is 0.396 e. The Balaban J connectivity index is 2.08. The van der Waals surface area contributed by atoms with Gasteiger partial charge in [0.2, 0.25) is 0 Å². The van der Waals surface area contributed by atoms with Crippen LogP contribution in [0.4, 0.5) is 10.1 Å². The zero-order valence-electron chi connectivity index (χ0n) is 11.3. The van der Waals surface area contributed by atoms with Gasteiger partial charge in [-0.1, -0.05) is 24.3 Å². The minimum Gasteiger partial charge on any atom is -0.396 e. The average Bonchev–Trinajstić information content (AvgIpc) is 2.81. The third-order valence-corrected chi connectivity index (χ3v) is 3.54. The lowest BCUT2D eigenvalue weighted by Crippen LogP contribution is -2.05. The summed E-state index contributed by atoms with van der Waals surface area (Å²) >= 11 is 0. The normalized spacial score (nSPS) is 11.1. The van der Waals surface area contributed by atoms with Crippen LogP contribution in [0.2, 0.25) is 0 Å². The van der Waals surface area contributed by atoms with Gasteiger partial charge >= 0.3 is 0 Å². The van der Waals surface area contributed by atoms with Gasteiger partial charge in [-0.3, -0.25) is 0 Å². The monoisotopic (exact) mass is 269 g/mol. The molecule has 2 N–H and O–H groups in total. The summed E-state index contributed by atoms with van der Waals surface area (Å²) in [4.78, 5) is 4.63. The summed E-state index contributed by atoms with van der Waals surface area (Å²) in [5.74, 6) is 0.535. The number of para-hydroxylation sites is 3. The van der Waals surface area contributed by atoms with Crippen LogP contribution in [-0.4, -0.2) is 9.55 Å². The summed E-state index contributed by atoms with van der Waals surface area (Å²) in [6.45, 7) is 2.90. The lowest BCUT2D eigenvalue weighted by atomic mass is 10.1. The van der Waals surface area contributed by atoms with Crippen molar-refractivity contribution < 1.29 is 4.39 Å². The van der Waals surface area contributed by atoms with Crippen LogP contribution >= 0.6 is 0 Å². The van der Waals surface area contributed by atoms with Crippen LogP contribution < -0.4 is 5.73 Å². The maximum Gasteiger partial charge on any atom is 0.146 e. The van der Waals surface area contributed by atoms with Crippen molar-refractivity contribution >= 4 is 16.7 Å². The molecule has 0 saturated carbocycles. The van der Waals surface area contributed by atoms with Crippen molar-refractivity contribution in [1.29, 1.82) is 0 Å². The summed E-state index contributed by atoms with van der Waals surface area (Å²) in [6, 6.07) is 12.9. The van der Waals surface area contributed by atoms with Gasteiger partial charge in [0.05, 0.1) is 16.7 Å². The topological polar surface area (TPSA) is 43.8 Å². The second-order valence-corrected chi connectivity index (χ2v) is 4.75. The van der Waals surface area contributed by atoms with Gasteiger partial charge in [0.1, 0.15) is 11.6 Å². The highest BCUT2D eigenvalue weighted by Gasteiger charge is 2.12. The number of nitrogen functional groups attached to an aromatic ring is 1.